The van der Waals surface area contributed by atoms with Crippen molar-refractivity contribution in [3.63, 3.8) is 0 Å². The number of anilines is 1. The predicted octanol–water partition coefficient (Wildman–Crippen LogP) is 7.41. The minimum atomic E-state index is -4.34. The summed E-state index contributed by atoms with van der Waals surface area (Å²) in [6.45, 7) is 3.09. The molecule has 4 aromatic rings. The maximum absolute atomic E-state index is 14.6. The largest absolute Gasteiger partial charge is 0.495 e. The molecule has 47 heavy (non-hydrogen) atoms. The normalized spacial score (nSPS) is 12.6. The highest BCUT2D eigenvalue weighted by Gasteiger charge is 2.36. The highest BCUT2D eigenvalue weighted by molar-refractivity contribution is 7.92. The third-order valence-corrected chi connectivity index (χ3v) is 10.4. The molecule has 0 aromatic heterocycles. The lowest BCUT2D eigenvalue weighted by molar-refractivity contribution is -0.140. The molecule has 0 radical (unpaired) electrons. The van der Waals surface area contributed by atoms with E-state index in [1.54, 1.807) is 42.5 Å². The molecule has 1 N–H and O–H groups in total. The molecule has 0 aliphatic heterocycles. The van der Waals surface area contributed by atoms with Gasteiger partial charge in [0.1, 0.15) is 18.3 Å². The molecule has 0 aliphatic rings. The van der Waals surface area contributed by atoms with Crippen molar-refractivity contribution in [1.82, 2.24) is 10.2 Å². The van der Waals surface area contributed by atoms with Crippen LogP contribution in [0.1, 0.15) is 31.4 Å². The number of hydrogen-bond acceptors (Lipinski definition) is 5. The smallest absolute Gasteiger partial charge is 0.264 e. The van der Waals surface area contributed by atoms with Crippen LogP contribution >= 0.6 is 34.8 Å². The van der Waals surface area contributed by atoms with Gasteiger partial charge >= 0.3 is 0 Å². The van der Waals surface area contributed by atoms with Crippen LogP contribution in [0.3, 0.4) is 0 Å². The number of carbonyl (C=O) groups is 2. The second kappa shape index (κ2) is 16.4. The average molecular weight is 717 g/mol. The molecule has 2 amide bonds. The number of rotatable bonds is 14. The van der Waals surface area contributed by atoms with Crippen molar-refractivity contribution in [1.29, 1.82) is 0 Å². The van der Waals surface area contributed by atoms with Crippen molar-refractivity contribution in [3.8, 4) is 5.75 Å². The van der Waals surface area contributed by atoms with Gasteiger partial charge in [-0.05, 0) is 66.9 Å². The van der Waals surface area contributed by atoms with Crippen molar-refractivity contribution in [2.24, 2.45) is 0 Å². The molecule has 0 aliphatic carbocycles. The van der Waals surface area contributed by atoms with Gasteiger partial charge in [-0.1, -0.05) is 96.3 Å². The Labute approximate surface area is 291 Å². The first-order valence-electron chi connectivity index (χ1n) is 14.9. The molecular weight excluding hydrogens is 681 g/mol. The van der Waals surface area contributed by atoms with E-state index in [0.717, 1.165) is 9.87 Å². The molecule has 0 saturated heterocycles. The van der Waals surface area contributed by atoms with Crippen LogP contribution in [0.25, 0.3) is 0 Å². The molecule has 2 unspecified atom stereocenters. The molecular formula is C35H36Cl3N3O5S. The molecule has 0 bridgehead atoms. The first-order valence-corrected chi connectivity index (χ1v) is 17.5. The minimum absolute atomic E-state index is 0.0405. The SMILES string of the molecule is CCC(C)NC(=O)C(Cc1ccccc1)N(Cc1ccc(Cl)c(Cl)c1)C(=O)CN(c1cc(Cl)ccc1OC)S(=O)(=O)c1ccccc1. The van der Waals surface area contributed by atoms with Crippen molar-refractivity contribution in [2.45, 2.75) is 50.2 Å². The molecule has 0 spiro atoms. The topological polar surface area (TPSA) is 96.0 Å². The number of hydrogen-bond donors (Lipinski definition) is 1. The molecule has 12 heteroatoms. The fraction of sp³-hybridized carbons (Fsp3) is 0.257. The molecule has 0 fully saturated rings. The van der Waals surface area contributed by atoms with E-state index in [0.29, 0.717) is 17.0 Å². The highest BCUT2D eigenvalue weighted by Crippen LogP contribution is 2.35. The summed E-state index contributed by atoms with van der Waals surface area (Å²) in [5.74, 6) is -0.833. The third kappa shape index (κ3) is 9.20. The van der Waals surface area contributed by atoms with Crippen LogP contribution in [-0.2, 0) is 32.6 Å². The number of ether oxygens (including phenoxy) is 1. The zero-order chi connectivity index (χ0) is 34.1. The maximum atomic E-state index is 14.6. The summed E-state index contributed by atoms with van der Waals surface area (Å²) in [5, 5.41) is 3.85. The Morgan fingerprint density at radius 1 is 0.851 bits per heavy atom. The zero-order valence-corrected chi connectivity index (χ0v) is 29.3. The van der Waals surface area contributed by atoms with E-state index >= 15 is 0 Å². The zero-order valence-electron chi connectivity index (χ0n) is 26.2. The van der Waals surface area contributed by atoms with Crippen LogP contribution in [0.4, 0.5) is 5.69 Å². The first-order chi connectivity index (χ1) is 22.4. The monoisotopic (exact) mass is 715 g/mol. The molecule has 4 aromatic carbocycles. The first kappa shape index (κ1) is 36.1. The van der Waals surface area contributed by atoms with Gasteiger partial charge in [0.25, 0.3) is 10.0 Å². The Balaban J connectivity index is 1.86. The van der Waals surface area contributed by atoms with Crippen molar-refractivity contribution in [2.75, 3.05) is 18.0 Å². The number of carbonyl (C=O) groups excluding carboxylic acids is 2. The van der Waals surface area contributed by atoms with Gasteiger partial charge in [-0.25, -0.2) is 8.42 Å². The van der Waals surface area contributed by atoms with Crippen LogP contribution in [0.2, 0.25) is 15.1 Å². The molecule has 0 saturated carbocycles. The maximum Gasteiger partial charge on any atom is 0.264 e. The number of amides is 2. The number of nitrogens with zero attached hydrogens (tertiary/aromatic N) is 2. The van der Waals surface area contributed by atoms with E-state index < -0.39 is 28.5 Å². The van der Waals surface area contributed by atoms with Crippen LogP contribution in [0.15, 0.2) is 102 Å². The van der Waals surface area contributed by atoms with Crippen molar-refractivity contribution < 1.29 is 22.7 Å². The predicted molar refractivity (Wildman–Crippen MR) is 188 cm³/mol. The summed E-state index contributed by atoms with van der Waals surface area (Å²) >= 11 is 18.9. The lowest BCUT2D eigenvalue weighted by atomic mass is 10.0. The average Bonchev–Trinajstić information content (AvgIpc) is 3.07. The second-order valence-corrected chi connectivity index (χ2v) is 14.0. The fourth-order valence-corrected chi connectivity index (χ4v) is 6.85. The highest BCUT2D eigenvalue weighted by atomic mass is 35.5. The summed E-state index contributed by atoms with van der Waals surface area (Å²) in [4.78, 5) is 30.0. The van der Waals surface area contributed by atoms with E-state index in [9.17, 15) is 18.0 Å². The number of nitrogens with one attached hydrogen (secondary N) is 1. The van der Waals surface area contributed by atoms with E-state index in [4.69, 9.17) is 39.5 Å². The Morgan fingerprint density at radius 3 is 2.13 bits per heavy atom. The number of methoxy groups -OCH3 is 1. The Morgan fingerprint density at radius 2 is 1.51 bits per heavy atom. The van der Waals surface area contributed by atoms with E-state index in [-0.39, 0.29) is 51.3 Å². The van der Waals surface area contributed by atoms with Crippen LogP contribution < -0.4 is 14.4 Å². The van der Waals surface area contributed by atoms with Gasteiger partial charge in [-0.2, -0.15) is 0 Å². The van der Waals surface area contributed by atoms with E-state index in [1.165, 1.54) is 36.3 Å². The molecule has 4 rings (SSSR count). The molecule has 2 atom stereocenters. The summed E-state index contributed by atoms with van der Waals surface area (Å²) in [7, 11) is -2.94. The quantitative estimate of drug-likeness (QED) is 0.147. The lowest BCUT2D eigenvalue weighted by Crippen LogP contribution is -2.54. The fourth-order valence-electron chi connectivity index (χ4n) is 4.92. The number of benzene rings is 4. The van der Waals surface area contributed by atoms with Gasteiger partial charge in [-0.15, -0.1) is 0 Å². The molecule has 248 valence electrons. The van der Waals surface area contributed by atoms with Gasteiger partial charge in [0.15, 0.2) is 0 Å². The lowest BCUT2D eigenvalue weighted by Gasteiger charge is -2.34. The van der Waals surface area contributed by atoms with Gasteiger partial charge in [0.05, 0.1) is 27.7 Å². The second-order valence-electron chi connectivity index (χ2n) is 10.9. The Hall–Kier alpha value is -3.76. The molecule has 8 nitrogen and oxygen atoms in total. The van der Waals surface area contributed by atoms with Gasteiger partial charge in [-0.3, -0.25) is 13.9 Å². The minimum Gasteiger partial charge on any atom is -0.495 e. The summed E-state index contributed by atoms with van der Waals surface area (Å²) < 4.78 is 34.9. The van der Waals surface area contributed by atoms with Crippen LogP contribution in [0.5, 0.6) is 5.75 Å². The summed E-state index contributed by atoms with van der Waals surface area (Å²) in [6, 6.07) is 25.3. The van der Waals surface area contributed by atoms with Gasteiger partial charge < -0.3 is 15.0 Å². The Bertz CT molecular complexity index is 1790. The van der Waals surface area contributed by atoms with Crippen molar-refractivity contribution >= 4 is 62.3 Å². The van der Waals surface area contributed by atoms with E-state index in [1.807, 2.05) is 44.2 Å². The van der Waals surface area contributed by atoms with Gasteiger partial charge in [0.2, 0.25) is 11.8 Å². The van der Waals surface area contributed by atoms with Crippen LogP contribution in [-0.4, -0.2) is 50.9 Å². The van der Waals surface area contributed by atoms with E-state index in [2.05, 4.69) is 5.32 Å². The number of halogens is 3. The van der Waals surface area contributed by atoms with Crippen LogP contribution in [0, 0.1) is 0 Å². The summed E-state index contributed by atoms with van der Waals surface area (Å²) in [5.41, 5.74) is 1.48. The standard InChI is InChI=1S/C35H36Cl3N3O5S/c1-4-24(2)39-35(43)32(20-25-11-7-5-8-12-25)40(22-26-15-17-29(37)30(38)19-26)34(42)23-41(31-21-27(36)16-18-33(31)46-3)47(44,45)28-13-9-6-10-14-28/h5-19,21,24,32H,4,20,22-23H2,1-3H3,(H,39,43). The third-order valence-electron chi connectivity index (χ3n) is 7.63. The number of sulfonamides is 1. The molecule has 0 heterocycles. The van der Waals surface area contributed by atoms with Gasteiger partial charge in [0, 0.05) is 24.0 Å². The van der Waals surface area contributed by atoms with Crippen molar-refractivity contribution in [3.05, 3.63) is 123 Å². The Kier molecular flexibility index (Phi) is 12.6. The summed E-state index contributed by atoms with van der Waals surface area (Å²) in [6.07, 6.45) is 0.838.